The molecule has 2 bridgehead atoms. The van der Waals surface area contributed by atoms with Crippen LogP contribution in [0.5, 0.6) is 5.75 Å². The molecule has 2 N–H and O–H groups in total. The number of pyridine rings is 1. The number of methoxy groups -OCH3 is 1. The molecule has 34 heavy (non-hydrogen) atoms. The van der Waals surface area contributed by atoms with Gasteiger partial charge < -0.3 is 15.0 Å². The molecule has 0 aliphatic heterocycles. The van der Waals surface area contributed by atoms with Crippen molar-refractivity contribution in [2.45, 2.75) is 39.3 Å². The molecule has 0 amide bonds. The minimum absolute atomic E-state index is 0.296. The van der Waals surface area contributed by atoms with E-state index in [0.717, 1.165) is 24.2 Å². The molecule has 0 spiro atoms. The van der Waals surface area contributed by atoms with E-state index in [0.29, 0.717) is 40.1 Å². The van der Waals surface area contributed by atoms with E-state index in [1.54, 1.807) is 17.9 Å². The van der Waals surface area contributed by atoms with Gasteiger partial charge in [-0.25, -0.2) is 9.67 Å². The monoisotopic (exact) mass is 453 g/mol. The Bertz CT molecular complexity index is 1410. The van der Waals surface area contributed by atoms with Crippen molar-refractivity contribution in [2.75, 3.05) is 13.7 Å². The predicted molar refractivity (Wildman–Crippen MR) is 128 cm³/mol. The first-order valence-electron chi connectivity index (χ1n) is 11.6. The number of hydrogen-bond donors (Lipinski definition) is 2. The topological polar surface area (TPSA) is 104 Å². The highest BCUT2D eigenvalue weighted by Gasteiger charge is 2.64. The quantitative estimate of drug-likeness (QED) is 0.417. The van der Waals surface area contributed by atoms with Crippen LogP contribution in [0, 0.1) is 22.2 Å². The molecular formula is C26H27N7O. The molecule has 3 aliphatic carbocycles. The zero-order valence-corrected chi connectivity index (χ0v) is 19.4. The number of benzene rings is 1. The first kappa shape index (κ1) is 20.9. The number of aromatic amines is 1. The smallest absolute Gasteiger partial charge is 0.150 e. The van der Waals surface area contributed by atoms with Crippen LogP contribution in [-0.2, 0) is 13.1 Å². The van der Waals surface area contributed by atoms with Gasteiger partial charge in [0.15, 0.2) is 0 Å². The van der Waals surface area contributed by atoms with Crippen molar-refractivity contribution in [1.29, 1.82) is 5.26 Å². The Kier molecular flexibility index (Phi) is 4.71. The van der Waals surface area contributed by atoms with Crippen molar-refractivity contribution in [3.63, 3.8) is 0 Å². The zero-order valence-electron chi connectivity index (χ0n) is 19.4. The van der Waals surface area contributed by atoms with E-state index in [-0.39, 0.29) is 0 Å². The van der Waals surface area contributed by atoms with Crippen molar-refractivity contribution in [3.05, 3.63) is 59.7 Å². The van der Waals surface area contributed by atoms with E-state index in [4.69, 9.17) is 4.74 Å². The lowest BCUT2D eigenvalue weighted by Gasteiger charge is -2.70. The van der Waals surface area contributed by atoms with Crippen molar-refractivity contribution in [1.82, 2.24) is 30.3 Å². The van der Waals surface area contributed by atoms with Gasteiger partial charge in [-0.2, -0.15) is 5.26 Å². The number of nitrogens with one attached hydrogen (secondary N) is 2. The summed E-state index contributed by atoms with van der Waals surface area (Å²) in [4.78, 5) is 7.71. The van der Waals surface area contributed by atoms with E-state index >= 15 is 0 Å². The van der Waals surface area contributed by atoms with E-state index < -0.39 is 0 Å². The van der Waals surface area contributed by atoms with Crippen LogP contribution in [0.2, 0.25) is 0 Å². The zero-order chi connectivity index (χ0) is 23.3. The normalized spacial score (nSPS) is 22.7. The molecule has 8 nitrogen and oxygen atoms in total. The van der Waals surface area contributed by atoms with Gasteiger partial charge in [-0.1, -0.05) is 24.3 Å². The Morgan fingerprint density at radius 1 is 1.24 bits per heavy atom. The predicted octanol–water partition coefficient (Wildman–Crippen LogP) is 4.03. The molecule has 0 atom stereocenters. The molecule has 3 heterocycles. The average molecular weight is 454 g/mol. The highest BCUT2D eigenvalue weighted by atomic mass is 16.5. The van der Waals surface area contributed by atoms with Gasteiger partial charge in [-0.3, -0.25) is 0 Å². The summed E-state index contributed by atoms with van der Waals surface area (Å²) < 4.78 is 7.01. The minimum Gasteiger partial charge on any atom is -0.495 e. The number of H-pyrrole nitrogens is 1. The molecule has 0 unspecified atom stereocenters. The Morgan fingerprint density at radius 2 is 2.09 bits per heavy atom. The second kappa shape index (κ2) is 7.67. The molecule has 4 aromatic rings. The molecule has 3 aliphatic rings. The van der Waals surface area contributed by atoms with Crippen LogP contribution in [0.15, 0.2) is 42.7 Å². The Balaban J connectivity index is 1.14. The Hall–Kier alpha value is -3.70. The summed E-state index contributed by atoms with van der Waals surface area (Å²) in [7, 11) is 1.57. The maximum Gasteiger partial charge on any atom is 0.150 e. The first-order chi connectivity index (χ1) is 16.5. The summed E-state index contributed by atoms with van der Waals surface area (Å²) in [5.74, 6) is 0.574. The lowest BCUT2D eigenvalue weighted by Crippen LogP contribution is -2.63. The second-order valence-corrected chi connectivity index (χ2v) is 10.3. The molecule has 3 fully saturated rings. The average Bonchev–Trinajstić information content (AvgIpc) is 3.43. The van der Waals surface area contributed by atoms with Crippen LogP contribution in [0.4, 0.5) is 0 Å². The van der Waals surface area contributed by atoms with Gasteiger partial charge in [0.2, 0.25) is 0 Å². The number of nitriles is 1. The van der Waals surface area contributed by atoms with Gasteiger partial charge >= 0.3 is 0 Å². The molecule has 8 heteroatoms. The van der Waals surface area contributed by atoms with Crippen LogP contribution in [0.3, 0.4) is 0 Å². The standard InChI is InChI=1S/C26H27N7O/c1-25-13-26(14-25,15-25)16-28-9-19-6-18-4-3-17(5-22(18)30-19)11-33-12-24(31-32-33)21-7-20(34-2)10-29-23(21)8-27/h3-7,10,12,28,30H,9,11,13-16H2,1-2H3. The van der Waals surface area contributed by atoms with E-state index in [2.05, 4.69) is 62.9 Å². The van der Waals surface area contributed by atoms with Gasteiger partial charge in [0.05, 0.1) is 26.0 Å². The number of fused-ring (bicyclic) bond motifs is 1. The highest BCUT2D eigenvalue weighted by Crippen LogP contribution is 2.72. The lowest BCUT2D eigenvalue weighted by atomic mass is 9.36. The molecule has 1 aromatic carbocycles. The van der Waals surface area contributed by atoms with Gasteiger partial charge in [-0.15, -0.1) is 5.10 Å². The maximum absolute atomic E-state index is 9.39. The fourth-order valence-corrected chi connectivity index (χ4v) is 6.17. The summed E-state index contributed by atoms with van der Waals surface area (Å²) in [6.45, 7) is 4.97. The molecular weight excluding hydrogens is 426 g/mol. The summed E-state index contributed by atoms with van der Waals surface area (Å²) in [6, 6.07) is 12.5. The highest BCUT2D eigenvalue weighted by molar-refractivity contribution is 5.81. The van der Waals surface area contributed by atoms with Crippen molar-refractivity contribution in [2.24, 2.45) is 10.8 Å². The van der Waals surface area contributed by atoms with Crippen molar-refractivity contribution < 1.29 is 4.74 Å². The molecule has 0 saturated heterocycles. The third-order valence-electron chi connectivity index (χ3n) is 7.33. The van der Waals surface area contributed by atoms with Crippen LogP contribution in [0.25, 0.3) is 22.2 Å². The fourth-order valence-electron chi connectivity index (χ4n) is 6.17. The second-order valence-electron chi connectivity index (χ2n) is 10.3. The summed E-state index contributed by atoms with van der Waals surface area (Å²) in [5.41, 5.74) is 6.20. The molecule has 172 valence electrons. The fraction of sp³-hybridized carbons (Fsp3) is 0.385. The summed E-state index contributed by atoms with van der Waals surface area (Å²) >= 11 is 0. The molecule has 0 radical (unpaired) electrons. The van der Waals surface area contributed by atoms with Crippen LogP contribution in [-0.4, -0.2) is 38.6 Å². The van der Waals surface area contributed by atoms with Crippen LogP contribution >= 0.6 is 0 Å². The number of ether oxygens (including phenoxy) is 1. The van der Waals surface area contributed by atoms with E-state index in [9.17, 15) is 5.26 Å². The van der Waals surface area contributed by atoms with Crippen LogP contribution in [0.1, 0.15) is 43.1 Å². The third kappa shape index (κ3) is 3.62. The van der Waals surface area contributed by atoms with Crippen LogP contribution < -0.4 is 10.1 Å². The Morgan fingerprint density at radius 3 is 2.85 bits per heavy atom. The summed E-state index contributed by atoms with van der Waals surface area (Å²) in [6.07, 6.45) is 7.52. The third-order valence-corrected chi connectivity index (χ3v) is 7.33. The number of rotatable bonds is 8. The van der Waals surface area contributed by atoms with Crippen molar-refractivity contribution >= 4 is 10.9 Å². The van der Waals surface area contributed by atoms with Gasteiger partial charge in [-0.05, 0) is 59.2 Å². The van der Waals surface area contributed by atoms with E-state index in [1.165, 1.54) is 36.5 Å². The minimum atomic E-state index is 0.296. The molecule has 3 saturated carbocycles. The first-order valence-corrected chi connectivity index (χ1v) is 11.6. The number of nitrogens with zero attached hydrogens (tertiary/aromatic N) is 5. The SMILES string of the molecule is COc1cnc(C#N)c(-c2cn(Cc3ccc4cc(CNCC56CC(C)(C5)C6)[nH]c4c3)nn2)c1. The summed E-state index contributed by atoms with van der Waals surface area (Å²) in [5, 5.41) is 22.8. The van der Waals surface area contributed by atoms with Gasteiger partial charge in [0, 0.05) is 29.9 Å². The number of hydrogen-bond acceptors (Lipinski definition) is 6. The van der Waals surface area contributed by atoms with Gasteiger partial charge in [0.25, 0.3) is 0 Å². The van der Waals surface area contributed by atoms with Gasteiger partial charge in [0.1, 0.15) is 23.2 Å². The molecule has 3 aromatic heterocycles. The maximum atomic E-state index is 9.39. The van der Waals surface area contributed by atoms with E-state index in [1.807, 2.05) is 6.20 Å². The Labute approximate surface area is 198 Å². The largest absolute Gasteiger partial charge is 0.495 e. The lowest BCUT2D eigenvalue weighted by molar-refractivity contribution is -0.187. The number of aromatic nitrogens is 5. The molecule has 7 rings (SSSR count). The van der Waals surface area contributed by atoms with Crippen molar-refractivity contribution in [3.8, 4) is 23.1 Å².